The molecule has 0 aliphatic heterocycles. The van der Waals surface area contributed by atoms with Gasteiger partial charge in [0, 0.05) is 23.5 Å². The number of nitrogens with zero attached hydrogens (tertiary/aromatic N) is 1. The SMILES string of the molecule is CC(NC(=O)CC1(N)CCCC1)c1nccs1. The van der Waals surface area contributed by atoms with E-state index in [2.05, 4.69) is 10.3 Å². The molecule has 1 aromatic heterocycles. The summed E-state index contributed by atoms with van der Waals surface area (Å²) in [5.74, 6) is 0.0390. The minimum Gasteiger partial charge on any atom is -0.347 e. The van der Waals surface area contributed by atoms with E-state index in [1.165, 1.54) is 0 Å². The number of nitrogens with two attached hydrogens (primary N) is 1. The third-order valence-corrected chi connectivity index (χ3v) is 4.27. The van der Waals surface area contributed by atoms with Crippen LogP contribution in [0.25, 0.3) is 0 Å². The van der Waals surface area contributed by atoms with Crippen molar-refractivity contribution in [2.45, 2.75) is 50.6 Å². The van der Waals surface area contributed by atoms with Crippen molar-refractivity contribution in [1.82, 2.24) is 10.3 Å². The van der Waals surface area contributed by atoms with E-state index in [1.807, 2.05) is 12.3 Å². The molecule has 1 atom stereocenters. The standard InChI is InChI=1S/C12H19N3OS/c1-9(11-14-6-7-17-11)15-10(16)8-12(13)4-2-3-5-12/h6-7,9H,2-5,8,13H2,1H3,(H,15,16). The van der Waals surface area contributed by atoms with Crippen molar-refractivity contribution in [3.63, 3.8) is 0 Å². The monoisotopic (exact) mass is 253 g/mol. The molecular weight excluding hydrogens is 234 g/mol. The van der Waals surface area contributed by atoms with Crippen molar-refractivity contribution >= 4 is 17.2 Å². The summed E-state index contributed by atoms with van der Waals surface area (Å²) in [6, 6.07) is -0.0208. The number of rotatable bonds is 4. The van der Waals surface area contributed by atoms with E-state index in [0.29, 0.717) is 6.42 Å². The molecular formula is C12H19N3OS. The lowest BCUT2D eigenvalue weighted by Gasteiger charge is -2.23. The van der Waals surface area contributed by atoms with Gasteiger partial charge in [0.05, 0.1) is 6.04 Å². The van der Waals surface area contributed by atoms with Gasteiger partial charge < -0.3 is 11.1 Å². The summed E-state index contributed by atoms with van der Waals surface area (Å²) in [4.78, 5) is 16.1. The van der Waals surface area contributed by atoms with Crippen molar-refractivity contribution in [2.75, 3.05) is 0 Å². The average molecular weight is 253 g/mol. The number of amides is 1. The first kappa shape index (κ1) is 12.5. The second kappa shape index (κ2) is 5.14. The number of aromatic nitrogens is 1. The number of carbonyl (C=O) groups excluding carboxylic acids is 1. The van der Waals surface area contributed by atoms with Crippen LogP contribution in [0, 0.1) is 0 Å². The van der Waals surface area contributed by atoms with E-state index in [1.54, 1.807) is 17.5 Å². The molecule has 4 nitrogen and oxygen atoms in total. The molecule has 3 N–H and O–H groups in total. The molecule has 1 amide bonds. The lowest BCUT2D eigenvalue weighted by Crippen LogP contribution is -2.42. The minimum atomic E-state index is -0.271. The first-order valence-corrected chi connectivity index (χ1v) is 6.95. The van der Waals surface area contributed by atoms with Gasteiger partial charge in [-0.1, -0.05) is 12.8 Å². The molecule has 1 aromatic rings. The smallest absolute Gasteiger partial charge is 0.222 e. The van der Waals surface area contributed by atoms with Crippen molar-refractivity contribution in [2.24, 2.45) is 5.73 Å². The summed E-state index contributed by atoms with van der Waals surface area (Å²) in [7, 11) is 0. The molecule has 5 heteroatoms. The fourth-order valence-electron chi connectivity index (χ4n) is 2.38. The molecule has 1 aliphatic carbocycles. The molecule has 0 aromatic carbocycles. The Hall–Kier alpha value is -0.940. The summed E-state index contributed by atoms with van der Waals surface area (Å²) >= 11 is 1.56. The highest BCUT2D eigenvalue weighted by atomic mass is 32.1. The van der Waals surface area contributed by atoms with Crippen LogP contribution in [-0.2, 0) is 4.79 Å². The normalized spacial score (nSPS) is 20.1. The summed E-state index contributed by atoms with van der Waals surface area (Å²) in [6.45, 7) is 1.95. The lowest BCUT2D eigenvalue weighted by atomic mass is 9.94. The Morgan fingerprint density at radius 1 is 1.65 bits per heavy atom. The molecule has 94 valence electrons. The van der Waals surface area contributed by atoms with Gasteiger partial charge in [-0.2, -0.15) is 0 Å². The van der Waals surface area contributed by atoms with Gasteiger partial charge in [-0.25, -0.2) is 4.98 Å². The van der Waals surface area contributed by atoms with Crippen LogP contribution < -0.4 is 11.1 Å². The van der Waals surface area contributed by atoms with E-state index in [-0.39, 0.29) is 17.5 Å². The highest BCUT2D eigenvalue weighted by Gasteiger charge is 2.32. The van der Waals surface area contributed by atoms with Crippen LogP contribution in [0.15, 0.2) is 11.6 Å². The maximum atomic E-state index is 11.9. The maximum Gasteiger partial charge on any atom is 0.222 e. The predicted octanol–water partition coefficient (Wildman–Crippen LogP) is 1.98. The largest absolute Gasteiger partial charge is 0.347 e. The summed E-state index contributed by atoms with van der Waals surface area (Å²) in [6.07, 6.45) is 6.41. The van der Waals surface area contributed by atoms with Crippen LogP contribution in [-0.4, -0.2) is 16.4 Å². The fraction of sp³-hybridized carbons (Fsp3) is 0.667. The Morgan fingerprint density at radius 2 is 2.35 bits per heavy atom. The van der Waals surface area contributed by atoms with Gasteiger partial charge >= 0.3 is 0 Å². The van der Waals surface area contributed by atoms with E-state index in [9.17, 15) is 4.79 Å². The molecule has 0 bridgehead atoms. The molecule has 1 heterocycles. The first-order chi connectivity index (χ1) is 8.09. The van der Waals surface area contributed by atoms with Gasteiger partial charge in [0.25, 0.3) is 0 Å². The fourth-order valence-corrected chi connectivity index (χ4v) is 3.02. The third kappa shape index (κ3) is 3.26. The van der Waals surface area contributed by atoms with E-state index >= 15 is 0 Å². The van der Waals surface area contributed by atoms with E-state index in [4.69, 9.17) is 5.73 Å². The molecule has 2 rings (SSSR count). The van der Waals surface area contributed by atoms with Gasteiger partial charge in [0.2, 0.25) is 5.91 Å². The average Bonchev–Trinajstić information content (AvgIpc) is 2.88. The number of hydrogen-bond acceptors (Lipinski definition) is 4. The minimum absolute atomic E-state index is 0.0208. The topological polar surface area (TPSA) is 68.0 Å². The van der Waals surface area contributed by atoms with Crippen molar-refractivity contribution in [1.29, 1.82) is 0 Å². The van der Waals surface area contributed by atoms with Gasteiger partial charge in [-0.15, -0.1) is 11.3 Å². The lowest BCUT2D eigenvalue weighted by molar-refractivity contribution is -0.122. The van der Waals surface area contributed by atoms with Crippen molar-refractivity contribution in [3.05, 3.63) is 16.6 Å². The summed E-state index contributed by atoms with van der Waals surface area (Å²) < 4.78 is 0. The molecule has 1 saturated carbocycles. The van der Waals surface area contributed by atoms with Crippen molar-refractivity contribution in [3.8, 4) is 0 Å². The van der Waals surface area contributed by atoms with Gasteiger partial charge in [0.15, 0.2) is 0 Å². The Bertz CT molecular complexity index is 371. The molecule has 1 unspecified atom stereocenters. The molecule has 17 heavy (non-hydrogen) atoms. The maximum absolute atomic E-state index is 11.9. The summed E-state index contributed by atoms with van der Waals surface area (Å²) in [5, 5.41) is 5.82. The zero-order chi connectivity index (χ0) is 12.3. The zero-order valence-electron chi connectivity index (χ0n) is 10.1. The molecule has 1 aliphatic rings. The number of nitrogens with one attached hydrogen (secondary N) is 1. The predicted molar refractivity (Wildman–Crippen MR) is 68.7 cm³/mol. The van der Waals surface area contributed by atoms with Crippen LogP contribution >= 0.6 is 11.3 Å². The molecule has 0 radical (unpaired) electrons. The van der Waals surface area contributed by atoms with E-state index < -0.39 is 0 Å². The second-order valence-corrected chi connectivity index (χ2v) is 5.83. The molecule has 1 fully saturated rings. The van der Waals surface area contributed by atoms with Crippen LogP contribution in [0.4, 0.5) is 0 Å². The van der Waals surface area contributed by atoms with Gasteiger partial charge in [-0.05, 0) is 19.8 Å². The van der Waals surface area contributed by atoms with Gasteiger partial charge in [-0.3, -0.25) is 4.79 Å². The molecule has 0 spiro atoms. The summed E-state index contributed by atoms with van der Waals surface area (Å²) in [5.41, 5.74) is 5.91. The molecule has 0 saturated heterocycles. The highest BCUT2D eigenvalue weighted by molar-refractivity contribution is 7.09. The van der Waals surface area contributed by atoms with Crippen LogP contribution in [0.1, 0.15) is 50.1 Å². The van der Waals surface area contributed by atoms with Crippen LogP contribution in [0.3, 0.4) is 0 Å². The Labute approximate surface area is 106 Å². The Balaban J connectivity index is 1.85. The van der Waals surface area contributed by atoms with Crippen LogP contribution in [0.2, 0.25) is 0 Å². The number of hydrogen-bond donors (Lipinski definition) is 2. The number of thiazole rings is 1. The highest BCUT2D eigenvalue weighted by Crippen LogP contribution is 2.30. The van der Waals surface area contributed by atoms with E-state index in [0.717, 1.165) is 30.7 Å². The van der Waals surface area contributed by atoms with Crippen molar-refractivity contribution < 1.29 is 4.79 Å². The second-order valence-electron chi connectivity index (χ2n) is 4.91. The Kier molecular flexibility index (Phi) is 3.79. The number of carbonyl (C=O) groups is 1. The quantitative estimate of drug-likeness (QED) is 0.862. The van der Waals surface area contributed by atoms with Crippen LogP contribution in [0.5, 0.6) is 0 Å². The third-order valence-electron chi connectivity index (χ3n) is 3.31. The first-order valence-electron chi connectivity index (χ1n) is 6.07. The Morgan fingerprint density at radius 3 is 2.94 bits per heavy atom. The zero-order valence-corrected chi connectivity index (χ0v) is 10.9. The van der Waals surface area contributed by atoms with Gasteiger partial charge in [0.1, 0.15) is 5.01 Å².